The van der Waals surface area contributed by atoms with Crippen molar-refractivity contribution in [2.75, 3.05) is 0 Å². The first-order chi connectivity index (χ1) is 14.0. The number of carbonyl (C=O) groups excluding carboxylic acids is 1. The summed E-state index contributed by atoms with van der Waals surface area (Å²) in [7, 11) is 0. The van der Waals surface area contributed by atoms with Crippen LogP contribution in [0.1, 0.15) is 18.2 Å². The summed E-state index contributed by atoms with van der Waals surface area (Å²) in [6, 6.07) is 15.7. The number of hydrogen-bond donors (Lipinski definition) is 3. The van der Waals surface area contributed by atoms with E-state index in [-0.39, 0.29) is 22.7 Å². The molecule has 0 spiro atoms. The van der Waals surface area contributed by atoms with Crippen LogP contribution in [0.4, 0.5) is 0 Å². The van der Waals surface area contributed by atoms with Crippen molar-refractivity contribution in [1.29, 1.82) is 0 Å². The lowest BCUT2D eigenvalue weighted by atomic mass is 10.1. The van der Waals surface area contributed by atoms with Gasteiger partial charge in [0, 0.05) is 40.1 Å². The lowest BCUT2D eigenvalue weighted by Crippen LogP contribution is -2.21. The summed E-state index contributed by atoms with van der Waals surface area (Å²) in [5.41, 5.74) is 5.81. The standard InChI is InChI=1S/C21H19N5O2S/c1-2-26-17-6-4-3-5-15(17)16-9-13(7-8-18(16)26)12-22-25-20(28)11-14-10-19(27)24-21(29)23-14/h3-10,12H,2,11H2,1H3,(H,25,28)(H2,23,24,27,29)/b22-12-. The highest BCUT2D eigenvalue weighted by Crippen LogP contribution is 2.29. The van der Waals surface area contributed by atoms with E-state index in [1.807, 2.05) is 18.2 Å². The maximum atomic E-state index is 12.1. The Morgan fingerprint density at radius 1 is 1.14 bits per heavy atom. The number of rotatable bonds is 5. The second-order valence-corrected chi connectivity index (χ2v) is 7.03. The number of hydrogen-bond acceptors (Lipinski definition) is 4. The predicted octanol–water partition coefficient (Wildman–Crippen LogP) is 3.25. The molecule has 0 aliphatic heterocycles. The molecular formula is C21H19N5O2S. The Balaban J connectivity index is 1.54. The van der Waals surface area contributed by atoms with Crippen LogP contribution in [0, 0.1) is 4.77 Å². The zero-order valence-electron chi connectivity index (χ0n) is 15.7. The smallest absolute Gasteiger partial charge is 0.251 e. The van der Waals surface area contributed by atoms with E-state index in [1.165, 1.54) is 22.5 Å². The van der Waals surface area contributed by atoms with Crippen molar-refractivity contribution >= 4 is 46.1 Å². The molecule has 4 rings (SSSR count). The minimum Gasteiger partial charge on any atom is -0.341 e. The second-order valence-electron chi connectivity index (χ2n) is 6.62. The first kappa shape index (κ1) is 18.8. The number of aromatic nitrogens is 3. The van der Waals surface area contributed by atoms with Gasteiger partial charge in [0.1, 0.15) is 0 Å². The molecule has 0 radical (unpaired) electrons. The Bertz CT molecular complexity index is 1330. The fraction of sp³-hybridized carbons (Fsp3) is 0.143. The molecule has 146 valence electrons. The van der Waals surface area contributed by atoms with Crippen LogP contribution in [0.5, 0.6) is 0 Å². The Morgan fingerprint density at radius 2 is 1.93 bits per heavy atom. The number of carbonyl (C=O) groups is 1. The molecule has 1 amide bonds. The first-order valence-electron chi connectivity index (χ1n) is 9.20. The molecule has 29 heavy (non-hydrogen) atoms. The summed E-state index contributed by atoms with van der Waals surface area (Å²) < 4.78 is 2.46. The van der Waals surface area contributed by atoms with E-state index in [4.69, 9.17) is 12.2 Å². The van der Waals surface area contributed by atoms with Gasteiger partial charge in [0.05, 0.1) is 12.6 Å². The summed E-state index contributed by atoms with van der Waals surface area (Å²) in [4.78, 5) is 28.7. The van der Waals surface area contributed by atoms with E-state index in [9.17, 15) is 9.59 Å². The molecule has 4 aromatic rings. The molecule has 0 saturated heterocycles. The van der Waals surface area contributed by atoms with Crippen molar-refractivity contribution in [1.82, 2.24) is 20.0 Å². The van der Waals surface area contributed by atoms with Crippen LogP contribution in [0.15, 0.2) is 58.4 Å². The van der Waals surface area contributed by atoms with Gasteiger partial charge in [-0.2, -0.15) is 5.10 Å². The normalized spacial score (nSPS) is 11.5. The fourth-order valence-corrected chi connectivity index (χ4v) is 3.73. The fourth-order valence-electron chi connectivity index (χ4n) is 3.50. The van der Waals surface area contributed by atoms with E-state index in [2.05, 4.69) is 56.3 Å². The summed E-state index contributed by atoms with van der Waals surface area (Å²) in [5, 5.41) is 6.37. The van der Waals surface area contributed by atoms with Crippen molar-refractivity contribution < 1.29 is 4.79 Å². The third kappa shape index (κ3) is 3.88. The van der Waals surface area contributed by atoms with Gasteiger partial charge in [-0.3, -0.25) is 14.6 Å². The highest BCUT2D eigenvalue weighted by atomic mass is 32.1. The molecule has 0 fully saturated rings. The Morgan fingerprint density at radius 3 is 2.72 bits per heavy atom. The molecule has 2 heterocycles. The van der Waals surface area contributed by atoms with Gasteiger partial charge >= 0.3 is 0 Å². The average Bonchev–Trinajstić information content (AvgIpc) is 3.00. The van der Waals surface area contributed by atoms with Gasteiger partial charge in [0.2, 0.25) is 5.91 Å². The number of aryl methyl sites for hydroxylation is 1. The number of nitrogens with one attached hydrogen (secondary N) is 3. The van der Waals surface area contributed by atoms with Crippen molar-refractivity contribution in [2.45, 2.75) is 19.9 Å². The van der Waals surface area contributed by atoms with Crippen molar-refractivity contribution in [3.8, 4) is 0 Å². The third-order valence-corrected chi connectivity index (χ3v) is 4.89. The molecule has 2 aromatic heterocycles. The molecular weight excluding hydrogens is 386 g/mol. The molecule has 2 aromatic carbocycles. The largest absolute Gasteiger partial charge is 0.341 e. The lowest BCUT2D eigenvalue weighted by Gasteiger charge is -2.03. The quantitative estimate of drug-likeness (QED) is 0.270. The summed E-state index contributed by atoms with van der Waals surface area (Å²) in [6.07, 6.45) is 1.59. The SMILES string of the molecule is CCn1c2ccccc2c2cc(/C=N\NC(=O)Cc3cc(=O)[nH]c(=S)[nH]3)ccc21. The summed E-state index contributed by atoms with van der Waals surface area (Å²) in [6.45, 7) is 3.02. The number of benzene rings is 2. The van der Waals surface area contributed by atoms with Crippen LogP contribution in [0.3, 0.4) is 0 Å². The van der Waals surface area contributed by atoms with Gasteiger partial charge in [0.15, 0.2) is 4.77 Å². The number of fused-ring (bicyclic) bond motifs is 3. The second kappa shape index (κ2) is 7.84. The highest BCUT2D eigenvalue weighted by Gasteiger charge is 2.09. The third-order valence-electron chi connectivity index (χ3n) is 4.68. The number of aromatic amines is 2. The van der Waals surface area contributed by atoms with E-state index in [0.717, 1.165) is 17.5 Å². The zero-order valence-corrected chi connectivity index (χ0v) is 16.5. The van der Waals surface area contributed by atoms with Crippen LogP contribution >= 0.6 is 12.2 Å². The first-order valence-corrected chi connectivity index (χ1v) is 9.61. The molecule has 0 aliphatic rings. The van der Waals surface area contributed by atoms with Crippen LogP contribution in [0.2, 0.25) is 0 Å². The molecule has 3 N–H and O–H groups in total. The van der Waals surface area contributed by atoms with Crippen molar-refractivity contribution in [2.24, 2.45) is 5.10 Å². The number of amides is 1. The van der Waals surface area contributed by atoms with Gasteiger partial charge in [-0.05, 0) is 42.9 Å². The Kier molecular flexibility index (Phi) is 5.09. The van der Waals surface area contributed by atoms with Gasteiger partial charge in [-0.25, -0.2) is 5.43 Å². The number of para-hydroxylation sites is 1. The number of nitrogens with zero attached hydrogens (tertiary/aromatic N) is 2. The minimum absolute atomic E-state index is 0.0199. The predicted molar refractivity (Wildman–Crippen MR) is 117 cm³/mol. The zero-order chi connectivity index (χ0) is 20.4. The average molecular weight is 405 g/mol. The molecule has 0 bridgehead atoms. The van der Waals surface area contributed by atoms with Crippen LogP contribution in [0.25, 0.3) is 21.8 Å². The molecule has 0 unspecified atom stereocenters. The molecule has 0 saturated carbocycles. The molecule has 0 atom stereocenters. The van der Waals surface area contributed by atoms with Gasteiger partial charge in [-0.15, -0.1) is 0 Å². The topological polar surface area (TPSA) is 95.0 Å². The van der Waals surface area contributed by atoms with Crippen LogP contribution in [-0.2, 0) is 17.8 Å². The Hall–Kier alpha value is -3.52. The van der Waals surface area contributed by atoms with Gasteiger partial charge < -0.3 is 9.55 Å². The van der Waals surface area contributed by atoms with E-state index in [0.29, 0.717) is 5.69 Å². The summed E-state index contributed by atoms with van der Waals surface area (Å²) in [5.74, 6) is -0.346. The number of H-pyrrole nitrogens is 2. The van der Waals surface area contributed by atoms with Gasteiger partial charge in [-0.1, -0.05) is 24.3 Å². The maximum absolute atomic E-state index is 12.1. The van der Waals surface area contributed by atoms with Crippen LogP contribution in [-0.4, -0.2) is 26.7 Å². The lowest BCUT2D eigenvalue weighted by molar-refractivity contribution is -0.120. The van der Waals surface area contributed by atoms with E-state index in [1.54, 1.807) is 6.21 Å². The monoisotopic (exact) mass is 405 g/mol. The molecule has 7 nitrogen and oxygen atoms in total. The van der Waals surface area contributed by atoms with Crippen molar-refractivity contribution in [3.05, 3.63) is 74.9 Å². The maximum Gasteiger partial charge on any atom is 0.251 e. The molecule has 8 heteroatoms. The van der Waals surface area contributed by atoms with Crippen molar-refractivity contribution in [3.63, 3.8) is 0 Å². The highest BCUT2D eigenvalue weighted by molar-refractivity contribution is 7.71. The Labute approximate surface area is 171 Å². The van der Waals surface area contributed by atoms with Gasteiger partial charge in [0.25, 0.3) is 5.56 Å². The minimum atomic E-state index is -0.348. The van der Waals surface area contributed by atoms with Crippen LogP contribution < -0.4 is 11.0 Å². The van der Waals surface area contributed by atoms with E-state index < -0.39 is 0 Å². The summed E-state index contributed by atoms with van der Waals surface area (Å²) >= 11 is 4.90. The number of hydrazone groups is 1. The van der Waals surface area contributed by atoms with E-state index >= 15 is 0 Å². The molecule has 0 aliphatic carbocycles.